The van der Waals surface area contributed by atoms with Gasteiger partial charge in [0, 0.05) is 12.7 Å². The van der Waals surface area contributed by atoms with Crippen LogP contribution in [0.3, 0.4) is 0 Å². The lowest BCUT2D eigenvalue weighted by molar-refractivity contribution is -0.154. The molecular weight excluding hydrogens is 401 g/mol. The van der Waals surface area contributed by atoms with Crippen molar-refractivity contribution in [2.75, 3.05) is 6.61 Å². The van der Waals surface area contributed by atoms with Crippen molar-refractivity contribution in [1.82, 2.24) is 10.3 Å². The average Bonchev–Trinajstić information content (AvgIpc) is 3.24. The van der Waals surface area contributed by atoms with Gasteiger partial charge < -0.3 is 19.2 Å². The highest BCUT2D eigenvalue weighted by atomic mass is 19.4. The summed E-state index contributed by atoms with van der Waals surface area (Å²) in [7, 11) is 0. The number of rotatable bonds is 9. The number of hydrogen-bond acceptors (Lipinski definition) is 5. The standard InChI is InChI=1S/C21H19F3N2O4/c22-21(23,24)14-30-20-18(7-2-8-25-20)19(27)26-11-15-4-1-5-16(10-15)12-28-13-17-6-3-9-29-17/h1-10H,11-14H2,(H,26,27). The molecule has 30 heavy (non-hydrogen) atoms. The van der Waals surface area contributed by atoms with E-state index in [4.69, 9.17) is 9.15 Å². The van der Waals surface area contributed by atoms with E-state index < -0.39 is 18.7 Å². The molecule has 0 bridgehead atoms. The maximum atomic E-state index is 12.4. The van der Waals surface area contributed by atoms with Crippen LogP contribution < -0.4 is 10.1 Å². The normalized spacial score (nSPS) is 11.3. The second-order valence-corrected chi connectivity index (χ2v) is 6.33. The predicted octanol–water partition coefficient (Wildman–Crippen LogP) is 4.26. The topological polar surface area (TPSA) is 73.6 Å². The SMILES string of the molecule is O=C(NCc1cccc(COCc2ccco2)c1)c1cccnc1OCC(F)(F)F. The number of carbonyl (C=O) groups is 1. The van der Waals surface area contributed by atoms with E-state index in [-0.39, 0.29) is 18.0 Å². The lowest BCUT2D eigenvalue weighted by Gasteiger charge is -2.12. The van der Waals surface area contributed by atoms with E-state index in [1.54, 1.807) is 12.3 Å². The van der Waals surface area contributed by atoms with Crippen molar-refractivity contribution in [1.29, 1.82) is 0 Å². The Kier molecular flexibility index (Phi) is 7.08. The van der Waals surface area contributed by atoms with Crippen LogP contribution in [0.5, 0.6) is 5.88 Å². The number of alkyl halides is 3. The van der Waals surface area contributed by atoms with Gasteiger partial charge in [-0.25, -0.2) is 4.98 Å². The Hall–Kier alpha value is -3.33. The van der Waals surface area contributed by atoms with Gasteiger partial charge >= 0.3 is 6.18 Å². The van der Waals surface area contributed by atoms with Crippen LogP contribution in [0.15, 0.2) is 65.4 Å². The molecule has 0 spiro atoms. The van der Waals surface area contributed by atoms with Crippen LogP contribution in [0.1, 0.15) is 27.2 Å². The van der Waals surface area contributed by atoms with Crippen LogP contribution in [0, 0.1) is 0 Å². The molecule has 0 aliphatic carbocycles. The van der Waals surface area contributed by atoms with Crippen LogP contribution in [0.25, 0.3) is 0 Å². The molecule has 0 radical (unpaired) electrons. The van der Waals surface area contributed by atoms with E-state index in [0.717, 1.165) is 16.9 Å². The van der Waals surface area contributed by atoms with Crippen molar-refractivity contribution in [3.63, 3.8) is 0 Å². The lowest BCUT2D eigenvalue weighted by Crippen LogP contribution is -2.25. The summed E-state index contributed by atoms with van der Waals surface area (Å²) in [5.41, 5.74) is 1.65. The molecule has 1 N–H and O–H groups in total. The number of halogens is 3. The van der Waals surface area contributed by atoms with Crippen LogP contribution in [0.2, 0.25) is 0 Å². The smallest absolute Gasteiger partial charge is 0.422 e. The minimum Gasteiger partial charge on any atom is -0.467 e. The fourth-order valence-electron chi connectivity index (χ4n) is 2.60. The highest BCUT2D eigenvalue weighted by Gasteiger charge is 2.29. The van der Waals surface area contributed by atoms with E-state index in [1.807, 2.05) is 30.3 Å². The first-order valence-corrected chi connectivity index (χ1v) is 9.01. The van der Waals surface area contributed by atoms with E-state index >= 15 is 0 Å². The van der Waals surface area contributed by atoms with Crippen LogP contribution >= 0.6 is 0 Å². The monoisotopic (exact) mass is 420 g/mol. The molecule has 0 saturated carbocycles. The number of benzene rings is 1. The number of aromatic nitrogens is 1. The zero-order valence-corrected chi connectivity index (χ0v) is 15.8. The number of furan rings is 1. The van der Waals surface area contributed by atoms with Crippen molar-refractivity contribution < 1.29 is 31.9 Å². The first kappa shape index (κ1) is 21.4. The molecule has 3 rings (SSSR count). The summed E-state index contributed by atoms with van der Waals surface area (Å²) in [6.45, 7) is -0.640. The zero-order chi connectivity index (χ0) is 21.4. The van der Waals surface area contributed by atoms with Gasteiger partial charge in [0.25, 0.3) is 5.91 Å². The van der Waals surface area contributed by atoms with E-state index in [2.05, 4.69) is 15.0 Å². The quantitative estimate of drug-likeness (QED) is 0.560. The Bertz CT molecular complexity index is 959. The van der Waals surface area contributed by atoms with Crippen LogP contribution in [-0.2, 0) is 24.5 Å². The van der Waals surface area contributed by atoms with Crippen molar-refractivity contribution in [2.45, 2.75) is 25.9 Å². The summed E-state index contributed by atoms with van der Waals surface area (Å²) in [5, 5.41) is 2.66. The second-order valence-electron chi connectivity index (χ2n) is 6.33. The van der Waals surface area contributed by atoms with Crippen molar-refractivity contribution in [3.8, 4) is 5.88 Å². The van der Waals surface area contributed by atoms with Gasteiger partial charge in [-0.2, -0.15) is 13.2 Å². The molecular formula is C21H19F3N2O4. The molecule has 0 saturated heterocycles. The van der Waals surface area contributed by atoms with Gasteiger partial charge in [-0.3, -0.25) is 4.79 Å². The first-order chi connectivity index (χ1) is 14.4. The summed E-state index contributed by atoms with van der Waals surface area (Å²) >= 11 is 0. The van der Waals surface area contributed by atoms with Gasteiger partial charge in [0.1, 0.15) is 17.9 Å². The first-order valence-electron chi connectivity index (χ1n) is 9.01. The summed E-state index contributed by atoms with van der Waals surface area (Å²) in [4.78, 5) is 16.1. The Labute approximate surface area is 170 Å². The highest BCUT2D eigenvalue weighted by Crippen LogP contribution is 2.20. The van der Waals surface area contributed by atoms with Crippen molar-refractivity contribution >= 4 is 5.91 Å². The Morgan fingerprint density at radius 1 is 1.07 bits per heavy atom. The summed E-state index contributed by atoms with van der Waals surface area (Å²) in [6.07, 6.45) is -1.69. The third kappa shape index (κ3) is 6.63. The Morgan fingerprint density at radius 3 is 2.67 bits per heavy atom. The van der Waals surface area contributed by atoms with Gasteiger partial charge in [0.15, 0.2) is 6.61 Å². The maximum Gasteiger partial charge on any atom is 0.422 e. The van der Waals surface area contributed by atoms with Crippen molar-refractivity contribution in [3.05, 3.63) is 83.4 Å². The van der Waals surface area contributed by atoms with Crippen molar-refractivity contribution in [2.24, 2.45) is 0 Å². The molecule has 0 unspecified atom stereocenters. The fourth-order valence-corrected chi connectivity index (χ4v) is 2.60. The Morgan fingerprint density at radius 2 is 1.90 bits per heavy atom. The number of nitrogens with one attached hydrogen (secondary N) is 1. The van der Waals surface area contributed by atoms with Gasteiger partial charge in [0.2, 0.25) is 5.88 Å². The fraction of sp³-hybridized carbons (Fsp3) is 0.238. The Balaban J connectivity index is 1.54. The molecule has 6 nitrogen and oxygen atoms in total. The minimum absolute atomic E-state index is 0.0697. The van der Waals surface area contributed by atoms with Gasteiger partial charge in [-0.05, 0) is 35.4 Å². The molecule has 0 fully saturated rings. The van der Waals surface area contributed by atoms with Gasteiger partial charge in [-0.15, -0.1) is 0 Å². The average molecular weight is 420 g/mol. The van der Waals surface area contributed by atoms with E-state index in [0.29, 0.717) is 13.2 Å². The number of pyridine rings is 1. The summed E-state index contributed by atoms with van der Waals surface area (Å²) in [6, 6.07) is 13.8. The molecule has 0 atom stereocenters. The second kappa shape index (κ2) is 9.93. The van der Waals surface area contributed by atoms with Crippen LogP contribution in [-0.4, -0.2) is 23.7 Å². The highest BCUT2D eigenvalue weighted by molar-refractivity contribution is 5.96. The summed E-state index contributed by atoms with van der Waals surface area (Å²) < 4.78 is 52.6. The number of hydrogen-bond donors (Lipinski definition) is 1. The van der Waals surface area contributed by atoms with Gasteiger partial charge in [-0.1, -0.05) is 24.3 Å². The lowest BCUT2D eigenvalue weighted by atomic mass is 10.1. The molecule has 2 heterocycles. The molecule has 0 aliphatic heterocycles. The molecule has 0 aliphatic rings. The minimum atomic E-state index is -4.52. The number of ether oxygens (including phenoxy) is 2. The molecule has 9 heteroatoms. The number of carbonyl (C=O) groups excluding carboxylic acids is 1. The zero-order valence-electron chi connectivity index (χ0n) is 15.8. The number of nitrogens with zero attached hydrogens (tertiary/aromatic N) is 1. The third-order valence-electron chi connectivity index (χ3n) is 3.93. The number of amides is 1. The molecule has 1 aromatic carbocycles. The molecule has 2 aromatic heterocycles. The van der Waals surface area contributed by atoms with E-state index in [9.17, 15) is 18.0 Å². The largest absolute Gasteiger partial charge is 0.467 e. The third-order valence-corrected chi connectivity index (χ3v) is 3.93. The maximum absolute atomic E-state index is 12.4. The van der Waals surface area contributed by atoms with Gasteiger partial charge in [0.05, 0.1) is 12.9 Å². The molecule has 1 amide bonds. The predicted molar refractivity (Wildman–Crippen MR) is 101 cm³/mol. The molecule has 3 aromatic rings. The van der Waals surface area contributed by atoms with E-state index in [1.165, 1.54) is 18.3 Å². The van der Waals surface area contributed by atoms with Crippen LogP contribution in [0.4, 0.5) is 13.2 Å². The summed E-state index contributed by atoms with van der Waals surface area (Å²) in [5.74, 6) is -0.231. The molecule has 158 valence electrons.